The van der Waals surface area contributed by atoms with Crippen LogP contribution >= 0.6 is 0 Å². The van der Waals surface area contributed by atoms with Gasteiger partial charge in [-0.05, 0) is 55.5 Å². The monoisotopic (exact) mass is 399 g/mol. The highest BCUT2D eigenvalue weighted by Crippen LogP contribution is 2.44. The largest absolute Gasteiger partial charge is 0.462 e. The summed E-state index contributed by atoms with van der Waals surface area (Å²) in [6.07, 6.45) is 5.32. The number of hydrogen-bond donors (Lipinski definition) is 1. The van der Waals surface area contributed by atoms with Crippen LogP contribution in [0, 0.1) is 17.8 Å². The summed E-state index contributed by atoms with van der Waals surface area (Å²) in [7, 11) is 0. The normalized spacial score (nSPS) is 35.9. The number of benzene rings is 1. The van der Waals surface area contributed by atoms with Gasteiger partial charge in [0.1, 0.15) is 6.10 Å². The third-order valence-electron chi connectivity index (χ3n) is 7.99. The molecule has 3 fully saturated rings. The minimum Gasteiger partial charge on any atom is -0.462 e. The van der Waals surface area contributed by atoms with Crippen LogP contribution in [0.15, 0.2) is 30.3 Å². The Hall–Kier alpha value is -1.39. The second-order valence-corrected chi connectivity index (χ2v) is 10.2. The molecule has 0 amide bonds. The van der Waals surface area contributed by atoms with Crippen molar-refractivity contribution in [3.8, 4) is 0 Å². The van der Waals surface area contributed by atoms with Gasteiger partial charge in [-0.3, -0.25) is 9.69 Å². The van der Waals surface area contributed by atoms with Crippen molar-refractivity contribution in [1.29, 1.82) is 0 Å². The van der Waals surface area contributed by atoms with Crippen LogP contribution < -0.4 is 0 Å². The van der Waals surface area contributed by atoms with Gasteiger partial charge >= 0.3 is 5.97 Å². The first-order chi connectivity index (χ1) is 13.9. The van der Waals surface area contributed by atoms with Crippen molar-refractivity contribution in [3.05, 3.63) is 35.9 Å². The Morgan fingerprint density at radius 1 is 1.10 bits per heavy atom. The van der Waals surface area contributed by atoms with Gasteiger partial charge in [-0.15, -0.1) is 0 Å². The summed E-state index contributed by atoms with van der Waals surface area (Å²) in [6.45, 7) is 8.79. The Bertz CT molecular complexity index is 703. The van der Waals surface area contributed by atoms with E-state index in [4.69, 9.17) is 4.74 Å². The van der Waals surface area contributed by atoms with Crippen LogP contribution in [-0.4, -0.2) is 47.3 Å². The van der Waals surface area contributed by atoms with Crippen molar-refractivity contribution >= 4 is 5.97 Å². The fourth-order valence-electron chi connectivity index (χ4n) is 6.18. The maximum absolute atomic E-state index is 13.3. The van der Waals surface area contributed by atoms with E-state index in [1.54, 1.807) is 0 Å². The third kappa shape index (κ3) is 4.11. The summed E-state index contributed by atoms with van der Waals surface area (Å²) in [5, 5.41) is 10.6. The number of carbonyl (C=O) groups excluding carboxylic acids is 1. The van der Waals surface area contributed by atoms with Gasteiger partial charge in [-0.1, -0.05) is 57.5 Å². The molecule has 160 valence electrons. The number of carbonyl (C=O) groups is 1. The number of nitrogens with zero attached hydrogens (tertiary/aromatic N) is 1. The first-order valence-electron chi connectivity index (χ1n) is 11.6. The summed E-state index contributed by atoms with van der Waals surface area (Å²) in [5.41, 5.74) is 1.25. The molecule has 0 aromatic heterocycles. The molecule has 1 aliphatic carbocycles. The molecule has 2 heterocycles. The number of hydrogen-bond acceptors (Lipinski definition) is 4. The first-order valence-corrected chi connectivity index (χ1v) is 11.6. The summed E-state index contributed by atoms with van der Waals surface area (Å²) in [6, 6.07) is 10.8. The molecule has 6 atom stereocenters. The fraction of sp³-hybridized carbons (Fsp3) is 0.720. The zero-order chi connectivity index (χ0) is 20.6. The van der Waals surface area contributed by atoms with E-state index >= 15 is 0 Å². The number of esters is 1. The zero-order valence-corrected chi connectivity index (χ0v) is 18.2. The van der Waals surface area contributed by atoms with E-state index in [2.05, 4.69) is 56.0 Å². The second-order valence-electron chi connectivity index (χ2n) is 10.2. The number of piperidine rings is 1. The molecule has 0 unspecified atom stereocenters. The van der Waals surface area contributed by atoms with Crippen LogP contribution in [0.25, 0.3) is 0 Å². The van der Waals surface area contributed by atoms with E-state index in [1.807, 2.05) is 0 Å². The summed E-state index contributed by atoms with van der Waals surface area (Å²) in [5.74, 6) is 0.311. The van der Waals surface area contributed by atoms with Crippen LogP contribution in [0.4, 0.5) is 0 Å². The Morgan fingerprint density at radius 2 is 1.86 bits per heavy atom. The lowest BCUT2D eigenvalue weighted by atomic mass is 9.64. The van der Waals surface area contributed by atoms with E-state index < -0.39 is 6.10 Å². The van der Waals surface area contributed by atoms with Gasteiger partial charge in [0, 0.05) is 18.5 Å². The molecule has 4 rings (SSSR count). The van der Waals surface area contributed by atoms with Crippen molar-refractivity contribution in [3.63, 3.8) is 0 Å². The van der Waals surface area contributed by atoms with Crippen molar-refractivity contribution < 1.29 is 14.6 Å². The number of aliphatic hydroxyl groups is 1. The molecule has 0 bridgehead atoms. The third-order valence-corrected chi connectivity index (χ3v) is 7.99. The molecule has 2 saturated heterocycles. The summed E-state index contributed by atoms with van der Waals surface area (Å²) >= 11 is 0. The standard InChI is InChI=1S/C25H37NO3/c1-17-11-12-19(25(2,3)18-8-5-4-6-9-18)22(16-17)29-24(28)23-20-10-7-14-26(20)15-13-21(23)27/h4-6,8-9,17,19-23,27H,7,10-16H2,1-3H3/t17-,19-,20+,21+,22-,23-/m1/s1. The van der Waals surface area contributed by atoms with E-state index in [0.29, 0.717) is 18.3 Å². The molecular weight excluding hydrogens is 362 g/mol. The number of rotatable bonds is 4. The van der Waals surface area contributed by atoms with Gasteiger partial charge in [-0.2, -0.15) is 0 Å². The van der Waals surface area contributed by atoms with E-state index in [9.17, 15) is 9.90 Å². The Balaban J connectivity index is 1.53. The molecule has 1 aromatic carbocycles. The molecule has 3 aliphatic rings. The number of aliphatic hydroxyl groups excluding tert-OH is 1. The highest BCUT2D eigenvalue weighted by atomic mass is 16.5. The summed E-state index contributed by atoms with van der Waals surface area (Å²) in [4.78, 5) is 15.7. The molecule has 0 radical (unpaired) electrons. The molecule has 1 saturated carbocycles. The number of ether oxygens (including phenoxy) is 1. The van der Waals surface area contributed by atoms with Crippen molar-refractivity contribution in [2.24, 2.45) is 17.8 Å². The second kappa shape index (κ2) is 8.39. The highest BCUT2D eigenvalue weighted by Gasteiger charge is 2.47. The number of fused-ring (bicyclic) bond motifs is 1. The fourth-order valence-corrected chi connectivity index (χ4v) is 6.18. The van der Waals surface area contributed by atoms with Crippen LogP contribution in [0.3, 0.4) is 0 Å². The van der Waals surface area contributed by atoms with Crippen LogP contribution in [0.5, 0.6) is 0 Å². The quantitative estimate of drug-likeness (QED) is 0.773. The van der Waals surface area contributed by atoms with Crippen molar-refractivity contribution in [2.45, 2.75) is 83.0 Å². The maximum atomic E-state index is 13.3. The molecule has 0 spiro atoms. The Labute approximate surface area is 175 Å². The average molecular weight is 400 g/mol. The first kappa shape index (κ1) is 20.9. The lowest BCUT2D eigenvalue weighted by molar-refractivity contribution is -0.171. The van der Waals surface area contributed by atoms with E-state index in [0.717, 1.165) is 38.8 Å². The molecule has 2 aliphatic heterocycles. The minimum absolute atomic E-state index is 0.0586. The predicted octanol–water partition coefficient (Wildman–Crippen LogP) is 4.16. The lowest BCUT2D eigenvalue weighted by Gasteiger charge is -2.45. The predicted molar refractivity (Wildman–Crippen MR) is 115 cm³/mol. The smallest absolute Gasteiger partial charge is 0.313 e. The maximum Gasteiger partial charge on any atom is 0.313 e. The molecule has 4 nitrogen and oxygen atoms in total. The zero-order valence-electron chi connectivity index (χ0n) is 18.2. The highest BCUT2D eigenvalue weighted by molar-refractivity contribution is 5.74. The molecule has 29 heavy (non-hydrogen) atoms. The van der Waals surface area contributed by atoms with E-state index in [-0.39, 0.29) is 29.4 Å². The topological polar surface area (TPSA) is 49.8 Å². The minimum atomic E-state index is -0.566. The van der Waals surface area contributed by atoms with Crippen LogP contribution in [0.1, 0.15) is 64.9 Å². The summed E-state index contributed by atoms with van der Waals surface area (Å²) < 4.78 is 6.27. The lowest BCUT2D eigenvalue weighted by Crippen LogP contribution is -2.53. The molecular formula is C25H37NO3. The Morgan fingerprint density at radius 3 is 2.62 bits per heavy atom. The van der Waals surface area contributed by atoms with Crippen LogP contribution in [0.2, 0.25) is 0 Å². The van der Waals surface area contributed by atoms with Gasteiger partial charge in [0.15, 0.2) is 0 Å². The average Bonchev–Trinajstić information content (AvgIpc) is 3.17. The van der Waals surface area contributed by atoms with Crippen molar-refractivity contribution in [1.82, 2.24) is 4.90 Å². The van der Waals surface area contributed by atoms with Crippen molar-refractivity contribution in [2.75, 3.05) is 13.1 Å². The van der Waals surface area contributed by atoms with Gasteiger partial charge in [-0.25, -0.2) is 0 Å². The Kier molecular flexibility index (Phi) is 6.04. The van der Waals surface area contributed by atoms with E-state index in [1.165, 1.54) is 12.0 Å². The van der Waals surface area contributed by atoms with Gasteiger partial charge in [0.05, 0.1) is 12.0 Å². The van der Waals surface area contributed by atoms with Gasteiger partial charge < -0.3 is 9.84 Å². The molecule has 1 N–H and O–H groups in total. The molecule has 1 aromatic rings. The van der Waals surface area contributed by atoms with Gasteiger partial charge in [0.2, 0.25) is 0 Å². The van der Waals surface area contributed by atoms with Gasteiger partial charge in [0.25, 0.3) is 0 Å². The molecule has 4 heteroatoms. The van der Waals surface area contributed by atoms with Crippen LogP contribution in [-0.2, 0) is 14.9 Å². The SMILES string of the molecule is C[C@@H]1CC[C@@H](C(C)(C)c2ccccc2)[C@H](OC(=O)[C@H]2[C@@H](O)CCN3CCC[C@@H]23)C1.